The Hall–Kier alpha value is -1.26. The second kappa shape index (κ2) is 5.89. The first kappa shape index (κ1) is 13.8. The van der Waals surface area contributed by atoms with Crippen molar-refractivity contribution in [2.75, 3.05) is 0 Å². The molecule has 0 saturated carbocycles. The summed E-state index contributed by atoms with van der Waals surface area (Å²) in [6.07, 6.45) is 0.582. The zero-order chi connectivity index (χ0) is 13.0. The van der Waals surface area contributed by atoms with Gasteiger partial charge >= 0.3 is 0 Å². The van der Waals surface area contributed by atoms with Crippen LogP contribution in [-0.4, -0.2) is 27.5 Å². The number of benzene rings is 1. The molecule has 2 atom stereocenters. The summed E-state index contributed by atoms with van der Waals surface area (Å²) in [5.41, 5.74) is 6.69. The lowest BCUT2D eigenvalue weighted by molar-refractivity contribution is 0.120. The van der Waals surface area contributed by atoms with Crippen LogP contribution in [0.25, 0.3) is 0 Å². The second-order valence-electron chi connectivity index (χ2n) is 4.89. The van der Waals surface area contributed by atoms with Crippen molar-refractivity contribution in [2.24, 2.45) is 11.7 Å². The van der Waals surface area contributed by atoms with Gasteiger partial charge in [-0.25, -0.2) is 0 Å². The molecule has 4 nitrogen and oxygen atoms in total. The molecular weight excluding hydrogens is 218 g/mol. The number of aliphatic hydroxyl groups is 1. The van der Waals surface area contributed by atoms with Crippen molar-refractivity contribution in [3.63, 3.8) is 0 Å². The van der Waals surface area contributed by atoms with Crippen molar-refractivity contribution in [2.45, 2.75) is 38.8 Å². The van der Waals surface area contributed by atoms with Crippen LogP contribution in [0, 0.1) is 5.92 Å². The molecule has 0 bridgehead atoms. The summed E-state index contributed by atoms with van der Waals surface area (Å²) < 4.78 is 0. The largest absolute Gasteiger partial charge is 0.504 e. The van der Waals surface area contributed by atoms with Gasteiger partial charge in [0.25, 0.3) is 0 Å². The van der Waals surface area contributed by atoms with Crippen molar-refractivity contribution >= 4 is 0 Å². The number of aliphatic hydroxyl groups excluding tert-OH is 1. The Morgan fingerprint density at radius 2 is 1.82 bits per heavy atom. The van der Waals surface area contributed by atoms with Crippen LogP contribution >= 0.6 is 0 Å². The van der Waals surface area contributed by atoms with Gasteiger partial charge in [0.05, 0.1) is 6.10 Å². The molecule has 1 rings (SSSR count). The maximum absolute atomic E-state index is 9.84. The topological polar surface area (TPSA) is 86.7 Å². The Balaban J connectivity index is 2.61. The van der Waals surface area contributed by atoms with Gasteiger partial charge in [-0.3, -0.25) is 0 Å². The van der Waals surface area contributed by atoms with Crippen LogP contribution in [0.4, 0.5) is 0 Å². The van der Waals surface area contributed by atoms with Gasteiger partial charge in [-0.15, -0.1) is 0 Å². The maximum atomic E-state index is 9.84. The molecule has 0 heterocycles. The molecule has 1 aromatic carbocycles. The van der Waals surface area contributed by atoms with Gasteiger partial charge in [-0.05, 0) is 36.5 Å². The third kappa shape index (κ3) is 4.24. The Morgan fingerprint density at radius 3 is 2.35 bits per heavy atom. The normalized spacial score (nSPS) is 14.9. The van der Waals surface area contributed by atoms with Gasteiger partial charge in [-0.2, -0.15) is 0 Å². The minimum absolute atomic E-state index is 0.148. The Morgan fingerprint density at radius 1 is 1.18 bits per heavy atom. The SMILES string of the molecule is CC(C)CC(O)C(N)Cc1ccc(O)c(O)c1. The third-order valence-electron chi connectivity index (χ3n) is 2.72. The molecule has 0 spiro atoms. The van der Waals surface area contributed by atoms with E-state index in [0.717, 1.165) is 5.56 Å². The lowest BCUT2D eigenvalue weighted by atomic mass is 9.95. The van der Waals surface area contributed by atoms with E-state index in [9.17, 15) is 15.3 Å². The first-order valence-corrected chi connectivity index (χ1v) is 5.84. The molecule has 0 amide bonds. The quantitative estimate of drug-likeness (QED) is 0.585. The number of aromatic hydroxyl groups is 2. The molecule has 0 saturated heterocycles. The summed E-state index contributed by atoms with van der Waals surface area (Å²) in [5.74, 6) is 0.0855. The van der Waals surface area contributed by atoms with Crippen LogP contribution < -0.4 is 5.73 Å². The van der Waals surface area contributed by atoms with Gasteiger partial charge in [0.1, 0.15) is 0 Å². The standard InChI is InChI=1S/C13H21NO3/c1-8(2)5-12(16)10(14)6-9-3-4-11(15)13(17)7-9/h3-4,7-8,10,12,15-17H,5-6,14H2,1-2H3. The lowest BCUT2D eigenvalue weighted by Crippen LogP contribution is -2.37. The molecule has 2 unspecified atom stereocenters. The van der Waals surface area contributed by atoms with Gasteiger partial charge < -0.3 is 21.1 Å². The monoisotopic (exact) mass is 239 g/mol. The minimum Gasteiger partial charge on any atom is -0.504 e. The molecule has 17 heavy (non-hydrogen) atoms. The lowest BCUT2D eigenvalue weighted by Gasteiger charge is -2.20. The fraction of sp³-hybridized carbons (Fsp3) is 0.538. The number of phenols is 2. The van der Waals surface area contributed by atoms with Crippen molar-refractivity contribution in [1.82, 2.24) is 0 Å². The summed E-state index contributed by atoms with van der Waals surface area (Å²) in [7, 11) is 0. The Bertz CT molecular complexity index is 366. The van der Waals surface area contributed by atoms with E-state index in [0.29, 0.717) is 18.8 Å². The third-order valence-corrected chi connectivity index (χ3v) is 2.72. The van der Waals surface area contributed by atoms with E-state index in [-0.39, 0.29) is 17.5 Å². The van der Waals surface area contributed by atoms with E-state index in [2.05, 4.69) is 0 Å². The summed E-state index contributed by atoms with van der Waals surface area (Å²) in [4.78, 5) is 0. The molecule has 5 N–H and O–H groups in total. The maximum Gasteiger partial charge on any atom is 0.157 e. The highest BCUT2D eigenvalue weighted by Gasteiger charge is 2.17. The molecule has 0 aliphatic rings. The van der Waals surface area contributed by atoms with Crippen LogP contribution in [0.2, 0.25) is 0 Å². The van der Waals surface area contributed by atoms with Crippen LogP contribution in [-0.2, 0) is 6.42 Å². The summed E-state index contributed by atoms with van der Waals surface area (Å²) >= 11 is 0. The fourth-order valence-corrected chi connectivity index (χ4v) is 1.76. The van der Waals surface area contributed by atoms with Crippen LogP contribution in [0.15, 0.2) is 18.2 Å². The Labute approximate surface area is 102 Å². The zero-order valence-electron chi connectivity index (χ0n) is 10.3. The molecular formula is C13H21NO3. The molecule has 0 aliphatic carbocycles. The highest BCUT2D eigenvalue weighted by Crippen LogP contribution is 2.25. The molecule has 1 aromatic rings. The molecule has 0 aromatic heterocycles. The van der Waals surface area contributed by atoms with E-state index in [1.807, 2.05) is 13.8 Å². The summed E-state index contributed by atoms with van der Waals surface area (Å²) in [5, 5.41) is 28.4. The Kier molecular flexibility index (Phi) is 4.78. The number of hydrogen-bond donors (Lipinski definition) is 4. The average molecular weight is 239 g/mol. The molecule has 96 valence electrons. The van der Waals surface area contributed by atoms with Crippen LogP contribution in [0.5, 0.6) is 11.5 Å². The van der Waals surface area contributed by atoms with Gasteiger partial charge in [0.2, 0.25) is 0 Å². The van der Waals surface area contributed by atoms with Crippen molar-refractivity contribution in [3.05, 3.63) is 23.8 Å². The van der Waals surface area contributed by atoms with E-state index in [1.165, 1.54) is 12.1 Å². The molecule has 0 aliphatic heterocycles. The van der Waals surface area contributed by atoms with Crippen molar-refractivity contribution < 1.29 is 15.3 Å². The van der Waals surface area contributed by atoms with Crippen molar-refractivity contribution in [1.29, 1.82) is 0 Å². The highest BCUT2D eigenvalue weighted by molar-refractivity contribution is 5.40. The minimum atomic E-state index is -0.550. The molecule has 0 radical (unpaired) electrons. The van der Waals surface area contributed by atoms with Crippen LogP contribution in [0.3, 0.4) is 0 Å². The highest BCUT2D eigenvalue weighted by atomic mass is 16.3. The van der Waals surface area contributed by atoms with E-state index in [1.54, 1.807) is 6.07 Å². The van der Waals surface area contributed by atoms with Crippen LogP contribution in [0.1, 0.15) is 25.8 Å². The number of phenolic OH excluding ortho intramolecular Hbond substituents is 2. The second-order valence-corrected chi connectivity index (χ2v) is 4.89. The zero-order valence-corrected chi connectivity index (χ0v) is 10.3. The summed E-state index contributed by atoms with van der Waals surface area (Å²) in [6.45, 7) is 4.06. The number of rotatable bonds is 5. The first-order valence-electron chi connectivity index (χ1n) is 5.84. The number of nitrogens with two attached hydrogens (primary N) is 1. The predicted octanol–water partition coefficient (Wildman–Crippen LogP) is 1.37. The predicted molar refractivity (Wildman–Crippen MR) is 66.9 cm³/mol. The molecule has 0 fully saturated rings. The first-order chi connectivity index (χ1) is 7.90. The number of hydrogen-bond acceptors (Lipinski definition) is 4. The molecule has 4 heteroatoms. The smallest absolute Gasteiger partial charge is 0.157 e. The van der Waals surface area contributed by atoms with Crippen molar-refractivity contribution in [3.8, 4) is 11.5 Å². The van der Waals surface area contributed by atoms with E-state index < -0.39 is 6.10 Å². The van der Waals surface area contributed by atoms with Gasteiger partial charge in [0.15, 0.2) is 11.5 Å². The van der Waals surface area contributed by atoms with E-state index in [4.69, 9.17) is 5.73 Å². The van der Waals surface area contributed by atoms with Gasteiger partial charge in [-0.1, -0.05) is 19.9 Å². The fourth-order valence-electron chi connectivity index (χ4n) is 1.76. The summed E-state index contributed by atoms with van der Waals surface area (Å²) in [6, 6.07) is 4.22. The average Bonchev–Trinajstić information content (AvgIpc) is 2.22. The van der Waals surface area contributed by atoms with Gasteiger partial charge in [0, 0.05) is 6.04 Å². The van der Waals surface area contributed by atoms with E-state index >= 15 is 0 Å².